The van der Waals surface area contributed by atoms with Crippen molar-refractivity contribution in [2.24, 2.45) is 0 Å². The number of rotatable bonds is 2. The van der Waals surface area contributed by atoms with Crippen LogP contribution in [0.15, 0.2) is 0 Å². The molecular weight excluding hydrogens is 107 g/mol. The molecule has 0 aliphatic carbocycles. The van der Waals surface area contributed by atoms with Crippen LogP contribution in [0, 0.1) is 0 Å². The minimum Gasteiger partial charge on any atom is -0.541 e. The maximum Gasteiger partial charge on any atom is 1.00 e. The standard InChI is InChI=1S/C3H3O2.K/c4-2-1-3-5;/h2H,1H2;/q-1;+1. The van der Waals surface area contributed by atoms with Crippen molar-refractivity contribution in [2.75, 3.05) is 0 Å². The molecule has 0 aliphatic heterocycles. The van der Waals surface area contributed by atoms with Crippen molar-refractivity contribution in [3.63, 3.8) is 0 Å². The average Bonchev–Trinajstić information content (AvgIpc) is 1.41. The Morgan fingerprint density at radius 2 is 2.17 bits per heavy atom. The van der Waals surface area contributed by atoms with Crippen molar-refractivity contribution in [1.29, 1.82) is 0 Å². The first-order chi connectivity index (χ1) is 2.41. The zero-order valence-electron chi connectivity index (χ0n) is 3.60. The largest absolute Gasteiger partial charge is 1.00 e. The van der Waals surface area contributed by atoms with E-state index < -0.39 is 0 Å². The second-order valence-corrected chi connectivity index (χ2v) is 0.515. The second kappa shape index (κ2) is 9.36. The van der Waals surface area contributed by atoms with Crippen molar-refractivity contribution in [2.45, 2.75) is 6.42 Å². The second-order valence-electron chi connectivity index (χ2n) is 0.515. The first-order valence-electron chi connectivity index (χ1n) is 1.20. The molecule has 0 saturated carbocycles. The summed E-state index contributed by atoms with van der Waals surface area (Å²) >= 11 is 0. The summed E-state index contributed by atoms with van der Waals surface area (Å²) in [4.78, 5) is 18.2. The fourth-order valence-electron chi connectivity index (χ4n) is 0.0340. The van der Waals surface area contributed by atoms with E-state index in [9.17, 15) is 0 Å². The molecule has 28 valence electrons. The Hall–Kier alpha value is 0.976. The predicted molar refractivity (Wildman–Crippen MR) is 16.4 cm³/mol. The number of hydrogen-bond donors (Lipinski definition) is 0. The minimum atomic E-state index is -0.0972. The van der Waals surface area contributed by atoms with E-state index in [4.69, 9.17) is 9.59 Å². The Morgan fingerprint density at radius 3 is 2.17 bits per heavy atom. The fourth-order valence-corrected chi connectivity index (χ4v) is 0.0340. The van der Waals surface area contributed by atoms with Gasteiger partial charge >= 0.3 is 51.4 Å². The average molecular weight is 110 g/mol. The predicted octanol–water partition coefficient (Wildman–Crippen LogP) is -3.31. The number of carbonyl (C=O) groups excluding carboxylic acids is 2. The number of aldehydes is 1. The third-order valence-electron chi connectivity index (χ3n) is 0.167. The first kappa shape index (κ1) is 10.1. The van der Waals surface area contributed by atoms with Crippen LogP contribution in [0.1, 0.15) is 6.42 Å². The molecular formula is C3H3KO2. The van der Waals surface area contributed by atoms with Gasteiger partial charge in [-0.05, 0) is 0 Å². The topological polar surface area (TPSA) is 34.1 Å². The summed E-state index contributed by atoms with van der Waals surface area (Å²) < 4.78 is 0. The zero-order chi connectivity index (χ0) is 4.12. The summed E-state index contributed by atoms with van der Waals surface area (Å²) in [7, 11) is 0. The summed E-state index contributed by atoms with van der Waals surface area (Å²) in [5.41, 5.74) is 0. The van der Waals surface area contributed by atoms with Crippen LogP contribution in [0.4, 0.5) is 0 Å². The third-order valence-corrected chi connectivity index (χ3v) is 0.167. The summed E-state index contributed by atoms with van der Waals surface area (Å²) in [6.07, 6.45) is 1.81. The third kappa shape index (κ3) is 8.88. The molecule has 2 nitrogen and oxygen atoms in total. The van der Waals surface area contributed by atoms with Crippen molar-refractivity contribution < 1.29 is 61.0 Å². The maximum atomic E-state index is 9.14. The Labute approximate surface area is 78.7 Å². The van der Waals surface area contributed by atoms with Gasteiger partial charge in [0.15, 0.2) is 0 Å². The smallest absolute Gasteiger partial charge is 0.541 e. The van der Waals surface area contributed by atoms with Crippen molar-refractivity contribution in [3.8, 4) is 0 Å². The van der Waals surface area contributed by atoms with Crippen LogP contribution in [0.2, 0.25) is 0 Å². The molecule has 0 rings (SSSR count). The van der Waals surface area contributed by atoms with E-state index in [1.807, 2.05) is 0 Å². The maximum absolute atomic E-state index is 9.14. The van der Waals surface area contributed by atoms with Gasteiger partial charge in [0.05, 0.1) is 6.29 Å². The van der Waals surface area contributed by atoms with Crippen LogP contribution >= 0.6 is 0 Å². The Balaban J connectivity index is 0. The normalized spacial score (nSPS) is 5.33. The van der Waals surface area contributed by atoms with Gasteiger partial charge in [-0.1, -0.05) is 6.42 Å². The SMILES string of the molecule is O=[C-]CC=O.[K+]. The van der Waals surface area contributed by atoms with Gasteiger partial charge in [0.2, 0.25) is 0 Å². The molecule has 0 radical (unpaired) electrons. The van der Waals surface area contributed by atoms with Crippen LogP contribution in [0.25, 0.3) is 0 Å². The molecule has 0 heterocycles. The number of hydrogen-bond acceptors (Lipinski definition) is 2. The van der Waals surface area contributed by atoms with Crippen LogP contribution in [-0.2, 0) is 9.59 Å². The van der Waals surface area contributed by atoms with Gasteiger partial charge in [-0.25, -0.2) is 0 Å². The van der Waals surface area contributed by atoms with E-state index >= 15 is 0 Å². The van der Waals surface area contributed by atoms with Crippen LogP contribution in [0.5, 0.6) is 0 Å². The molecule has 0 aromatic rings. The summed E-state index contributed by atoms with van der Waals surface area (Å²) in [6, 6.07) is 0. The number of carbonyl (C=O) groups is 1. The van der Waals surface area contributed by atoms with E-state index in [0.717, 1.165) is 0 Å². The Kier molecular flexibility index (Phi) is 15.7. The van der Waals surface area contributed by atoms with Crippen LogP contribution in [-0.4, -0.2) is 12.6 Å². The van der Waals surface area contributed by atoms with Gasteiger partial charge in [-0.15, -0.1) is 0 Å². The summed E-state index contributed by atoms with van der Waals surface area (Å²) in [5, 5.41) is 0. The summed E-state index contributed by atoms with van der Waals surface area (Å²) in [6.45, 7) is 0. The van der Waals surface area contributed by atoms with Gasteiger partial charge in [-0.2, -0.15) is 0 Å². The van der Waals surface area contributed by atoms with E-state index in [2.05, 4.69) is 0 Å². The van der Waals surface area contributed by atoms with Crippen LogP contribution < -0.4 is 51.4 Å². The van der Waals surface area contributed by atoms with Gasteiger partial charge < -0.3 is 9.59 Å². The molecule has 3 heteroatoms. The Bertz CT molecular complexity index is 38.1. The molecule has 0 aliphatic rings. The fraction of sp³-hybridized carbons (Fsp3) is 0.333. The quantitative estimate of drug-likeness (QED) is 0.161. The van der Waals surface area contributed by atoms with Gasteiger partial charge in [0, 0.05) is 0 Å². The van der Waals surface area contributed by atoms with Crippen LogP contribution in [0.3, 0.4) is 0 Å². The van der Waals surface area contributed by atoms with Crippen molar-refractivity contribution >= 4 is 12.6 Å². The molecule has 0 N–H and O–H groups in total. The zero-order valence-corrected chi connectivity index (χ0v) is 6.72. The van der Waals surface area contributed by atoms with E-state index in [1.54, 1.807) is 0 Å². The molecule has 0 atom stereocenters. The van der Waals surface area contributed by atoms with E-state index in [-0.39, 0.29) is 57.8 Å². The van der Waals surface area contributed by atoms with Crippen molar-refractivity contribution in [3.05, 3.63) is 0 Å². The molecule has 0 bridgehead atoms. The molecule has 0 aromatic carbocycles. The molecule has 6 heavy (non-hydrogen) atoms. The van der Waals surface area contributed by atoms with E-state index in [0.29, 0.717) is 6.29 Å². The molecule has 0 spiro atoms. The molecule has 0 unspecified atom stereocenters. The van der Waals surface area contributed by atoms with Gasteiger partial charge in [0.1, 0.15) is 0 Å². The van der Waals surface area contributed by atoms with Gasteiger partial charge in [0.25, 0.3) is 0 Å². The minimum absolute atomic E-state index is 0. The molecule has 0 saturated heterocycles. The Morgan fingerprint density at radius 1 is 1.67 bits per heavy atom. The summed E-state index contributed by atoms with van der Waals surface area (Å²) in [5.74, 6) is 0. The van der Waals surface area contributed by atoms with Gasteiger partial charge in [-0.3, -0.25) is 6.29 Å². The molecule has 0 aromatic heterocycles. The van der Waals surface area contributed by atoms with E-state index in [1.165, 1.54) is 6.29 Å². The monoisotopic (exact) mass is 110 g/mol. The van der Waals surface area contributed by atoms with Crippen molar-refractivity contribution in [1.82, 2.24) is 0 Å². The first-order valence-corrected chi connectivity index (χ1v) is 1.20. The molecule has 0 fully saturated rings. The molecule has 0 amide bonds.